The second kappa shape index (κ2) is 3.47. The quantitative estimate of drug-likeness (QED) is 0.545. The maximum atomic E-state index is 9.01. The van der Waals surface area contributed by atoms with Crippen LogP contribution in [0.4, 0.5) is 0 Å². The van der Waals surface area contributed by atoms with Gasteiger partial charge in [-0.15, -0.1) is 0 Å². The molecule has 0 saturated heterocycles. The molecule has 3 N–H and O–H groups in total. The fourth-order valence-corrected chi connectivity index (χ4v) is 0.829. The van der Waals surface area contributed by atoms with Gasteiger partial charge in [0.15, 0.2) is 0 Å². The molecule has 5 heteroatoms. The fraction of sp³-hybridized carbons (Fsp3) is 0.143. The van der Waals surface area contributed by atoms with Crippen molar-refractivity contribution in [2.24, 2.45) is 0 Å². The highest BCUT2D eigenvalue weighted by Gasteiger charge is 2.12. The van der Waals surface area contributed by atoms with Crippen LogP contribution in [0.5, 0.6) is 11.5 Å². The van der Waals surface area contributed by atoms with Crippen molar-refractivity contribution in [1.82, 2.24) is 0 Å². The van der Waals surface area contributed by atoms with Gasteiger partial charge in [-0.25, -0.2) is 0 Å². The Morgan fingerprint density at radius 2 is 2.00 bits per heavy atom. The Labute approximate surface area is 70.2 Å². The van der Waals surface area contributed by atoms with Crippen LogP contribution in [0.1, 0.15) is 5.56 Å². The average Bonchev–Trinajstić information content (AvgIpc) is 1.96. The van der Waals surface area contributed by atoms with Gasteiger partial charge in [-0.1, -0.05) is 6.07 Å². The van der Waals surface area contributed by atoms with E-state index in [1.54, 1.807) is 13.0 Å². The maximum absolute atomic E-state index is 9.01. The predicted octanol–water partition coefficient (Wildman–Crippen LogP) is 0.0489. The lowest BCUT2D eigenvalue weighted by molar-refractivity contribution is 0.287. The lowest BCUT2D eigenvalue weighted by atomic mass is 10.2. The van der Waals surface area contributed by atoms with E-state index in [1.807, 2.05) is 0 Å². The number of benzene rings is 1. The van der Waals surface area contributed by atoms with Crippen LogP contribution in [0.3, 0.4) is 0 Å². The number of aromatic hydroxyl groups is 1. The second-order valence-electron chi connectivity index (χ2n) is 2.39. The zero-order valence-electron chi connectivity index (χ0n) is 6.56. The smallest absolute Gasteiger partial charge is 0.512 e. The number of hydrogen-bond acceptors (Lipinski definition) is 4. The Morgan fingerprint density at radius 3 is 2.58 bits per heavy atom. The van der Waals surface area contributed by atoms with E-state index in [0.29, 0.717) is 0 Å². The van der Waals surface area contributed by atoms with Crippen molar-refractivity contribution in [2.45, 2.75) is 6.92 Å². The molecule has 0 aromatic heterocycles. The molecule has 1 aromatic carbocycles. The van der Waals surface area contributed by atoms with Gasteiger partial charge in [0.05, 0.1) is 0 Å². The molecule has 0 aliphatic rings. The summed E-state index contributed by atoms with van der Waals surface area (Å²) in [5.41, 5.74) is 0.723. The van der Waals surface area contributed by atoms with E-state index in [0.717, 1.165) is 5.56 Å². The van der Waals surface area contributed by atoms with Crippen molar-refractivity contribution in [3.05, 3.63) is 23.8 Å². The van der Waals surface area contributed by atoms with Crippen molar-refractivity contribution in [3.63, 3.8) is 0 Å². The number of phenols is 1. The molecule has 64 valence electrons. The normalized spacial score (nSPS) is 9.58. The summed E-state index contributed by atoms with van der Waals surface area (Å²) in [5, 5.41) is 26.0. The molecule has 0 heterocycles. The van der Waals surface area contributed by atoms with Crippen LogP contribution >= 0.6 is 0 Å². The van der Waals surface area contributed by atoms with E-state index in [9.17, 15) is 0 Å². The minimum Gasteiger partial charge on any atom is -0.512 e. The first-order valence-corrected chi connectivity index (χ1v) is 3.42. The van der Waals surface area contributed by atoms with Crippen LogP contribution in [-0.4, -0.2) is 22.5 Å². The van der Waals surface area contributed by atoms with Crippen LogP contribution < -0.4 is 4.65 Å². The van der Waals surface area contributed by atoms with Crippen molar-refractivity contribution in [1.29, 1.82) is 0 Å². The third-order valence-corrected chi connectivity index (χ3v) is 1.40. The lowest BCUT2D eigenvalue weighted by Gasteiger charge is -2.07. The van der Waals surface area contributed by atoms with Gasteiger partial charge in [0.25, 0.3) is 0 Å². The van der Waals surface area contributed by atoms with E-state index < -0.39 is 7.32 Å². The third-order valence-electron chi connectivity index (χ3n) is 1.40. The predicted molar refractivity (Wildman–Crippen MR) is 43.7 cm³/mol. The first kappa shape index (κ1) is 8.90. The molecule has 0 radical (unpaired) electrons. The number of rotatable bonds is 2. The molecular weight excluding hydrogens is 159 g/mol. The number of phenolic OH excluding ortho intramolecular Hbond substituents is 1. The molecule has 0 unspecified atom stereocenters. The molecule has 0 aliphatic heterocycles. The second-order valence-corrected chi connectivity index (χ2v) is 2.39. The molecule has 4 nitrogen and oxygen atoms in total. The van der Waals surface area contributed by atoms with Gasteiger partial charge in [0, 0.05) is 6.07 Å². The van der Waals surface area contributed by atoms with Gasteiger partial charge >= 0.3 is 7.32 Å². The van der Waals surface area contributed by atoms with Crippen LogP contribution in [0.15, 0.2) is 18.2 Å². The number of aryl methyl sites for hydroxylation is 1. The summed E-state index contributed by atoms with van der Waals surface area (Å²) in [5.74, 6) is 0.279. The molecule has 0 atom stereocenters. The average molecular weight is 168 g/mol. The van der Waals surface area contributed by atoms with Gasteiger partial charge in [0.1, 0.15) is 11.5 Å². The number of hydrogen-bond donors (Lipinski definition) is 3. The topological polar surface area (TPSA) is 69.9 Å². The van der Waals surface area contributed by atoms with Gasteiger partial charge in [-0.3, -0.25) is 0 Å². The molecule has 0 spiro atoms. The largest absolute Gasteiger partial charge is 0.707 e. The van der Waals surface area contributed by atoms with Crippen molar-refractivity contribution >= 4 is 7.32 Å². The Morgan fingerprint density at radius 1 is 1.33 bits per heavy atom. The molecule has 0 saturated carbocycles. The van der Waals surface area contributed by atoms with Gasteiger partial charge < -0.3 is 19.8 Å². The summed E-state index contributed by atoms with van der Waals surface area (Å²) in [7, 11) is -1.86. The summed E-state index contributed by atoms with van der Waals surface area (Å²) in [6, 6.07) is 4.42. The van der Waals surface area contributed by atoms with Gasteiger partial charge in [0.2, 0.25) is 0 Å². The van der Waals surface area contributed by atoms with E-state index in [2.05, 4.69) is 4.65 Å². The summed E-state index contributed by atoms with van der Waals surface area (Å²) in [6.07, 6.45) is 0. The summed E-state index contributed by atoms with van der Waals surface area (Å²) in [4.78, 5) is 0. The molecule has 12 heavy (non-hydrogen) atoms. The molecule has 0 fully saturated rings. The molecule has 0 amide bonds. The zero-order valence-corrected chi connectivity index (χ0v) is 6.56. The van der Waals surface area contributed by atoms with Gasteiger partial charge in [-0.05, 0) is 18.6 Å². The minimum atomic E-state index is -1.86. The van der Waals surface area contributed by atoms with E-state index in [1.165, 1.54) is 12.1 Å². The summed E-state index contributed by atoms with van der Waals surface area (Å²) >= 11 is 0. The fourth-order valence-electron chi connectivity index (χ4n) is 0.829. The van der Waals surface area contributed by atoms with E-state index in [-0.39, 0.29) is 11.5 Å². The zero-order chi connectivity index (χ0) is 9.14. The first-order valence-electron chi connectivity index (χ1n) is 3.42. The highest BCUT2D eigenvalue weighted by atomic mass is 16.6. The summed E-state index contributed by atoms with van der Waals surface area (Å²) in [6.45, 7) is 1.73. The van der Waals surface area contributed by atoms with Crippen molar-refractivity contribution in [2.75, 3.05) is 0 Å². The van der Waals surface area contributed by atoms with Crippen LogP contribution in [0.25, 0.3) is 0 Å². The molecular formula is C7H9BO4. The van der Waals surface area contributed by atoms with Crippen LogP contribution in [0.2, 0.25) is 0 Å². The molecule has 1 aromatic rings. The van der Waals surface area contributed by atoms with Crippen LogP contribution in [0, 0.1) is 6.92 Å². The van der Waals surface area contributed by atoms with E-state index in [4.69, 9.17) is 15.2 Å². The highest BCUT2D eigenvalue weighted by Crippen LogP contribution is 2.22. The van der Waals surface area contributed by atoms with E-state index >= 15 is 0 Å². The third kappa shape index (κ3) is 2.15. The molecule has 0 aliphatic carbocycles. The Bertz CT molecular complexity index is 274. The monoisotopic (exact) mass is 168 g/mol. The Balaban J connectivity index is 2.90. The standard InChI is InChI=1S/C7H9BO4/c1-5-2-3-6(9)4-7(5)12-8(10)11/h2-4,9-11H,1H3. The molecule has 1 rings (SSSR count). The van der Waals surface area contributed by atoms with Crippen molar-refractivity contribution in [3.8, 4) is 11.5 Å². The SMILES string of the molecule is Cc1ccc(O)cc1OB(O)O. The highest BCUT2D eigenvalue weighted by molar-refractivity contribution is 6.33. The maximum Gasteiger partial charge on any atom is 0.707 e. The van der Waals surface area contributed by atoms with Crippen LogP contribution in [-0.2, 0) is 0 Å². The summed E-state index contributed by atoms with van der Waals surface area (Å²) < 4.78 is 4.58. The van der Waals surface area contributed by atoms with Gasteiger partial charge in [-0.2, -0.15) is 0 Å². The molecule has 0 bridgehead atoms. The Kier molecular flexibility index (Phi) is 2.57. The first-order chi connectivity index (χ1) is 5.59. The Hall–Kier alpha value is -1.20. The van der Waals surface area contributed by atoms with Crippen molar-refractivity contribution < 1.29 is 19.8 Å². The lowest BCUT2D eigenvalue weighted by Crippen LogP contribution is -2.20. The minimum absolute atomic E-state index is 0.0243.